The van der Waals surface area contributed by atoms with Crippen molar-refractivity contribution in [2.75, 3.05) is 18.5 Å². The van der Waals surface area contributed by atoms with Crippen LogP contribution in [0.4, 0.5) is 11.4 Å². The van der Waals surface area contributed by atoms with E-state index in [0.29, 0.717) is 12.5 Å². The summed E-state index contributed by atoms with van der Waals surface area (Å²) in [5, 5.41) is 22.6. The Morgan fingerprint density at radius 2 is 2.18 bits per heavy atom. The van der Waals surface area contributed by atoms with Crippen molar-refractivity contribution in [1.82, 2.24) is 0 Å². The molecule has 17 heavy (non-hydrogen) atoms. The Balaban J connectivity index is 2.68. The number of hydrogen-bond acceptors (Lipinski definition) is 4. The van der Waals surface area contributed by atoms with Gasteiger partial charge >= 0.3 is 0 Å². The van der Waals surface area contributed by atoms with Crippen molar-refractivity contribution in [3.63, 3.8) is 0 Å². The third kappa shape index (κ3) is 4.40. The fourth-order valence-electron chi connectivity index (χ4n) is 1.58. The van der Waals surface area contributed by atoms with Crippen molar-refractivity contribution < 1.29 is 10.0 Å². The first-order valence-corrected chi connectivity index (χ1v) is 5.63. The Morgan fingerprint density at radius 3 is 2.76 bits per heavy atom. The lowest BCUT2D eigenvalue weighted by molar-refractivity contribution is -0.384. The summed E-state index contributed by atoms with van der Waals surface area (Å²) >= 11 is 0. The van der Waals surface area contributed by atoms with Gasteiger partial charge in [0.05, 0.1) is 4.92 Å². The molecular formula is C12H18N2O3. The predicted octanol–water partition coefficient (Wildman–Crippen LogP) is 2.33. The lowest BCUT2D eigenvalue weighted by Gasteiger charge is -2.12. The van der Waals surface area contributed by atoms with Crippen molar-refractivity contribution in [2.45, 2.75) is 20.3 Å². The maximum atomic E-state index is 10.7. The summed E-state index contributed by atoms with van der Waals surface area (Å²) < 4.78 is 0. The van der Waals surface area contributed by atoms with Gasteiger partial charge in [0.15, 0.2) is 0 Å². The summed E-state index contributed by atoms with van der Waals surface area (Å²) in [7, 11) is 0. The zero-order chi connectivity index (χ0) is 12.8. The average molecular weight is 238 g/mol. The lowest BCUT2D eigenvalue weighted by atomic mass is 10.1. The van der Waals surface area contributed by atoms with Crippen LogP contribution in [-0.2, 0) is 0 Å². The summed E-state index contributed by atoms with van der Waals surface area (Å²) in [4.78, 5) is 10.3. The van der Waals surface area contributed by atoms with E-state index in [9.17, 15) is 10.1 Å². The predicted molar refractivity (Wildman–Crippen MR) is 67.2 cm³/mol. The van der Waals surface area contributed by atoms with E-state index in [1.165, 1.54) is 6.07 Å². The second-order valence-corrected chi connectivity index (χ2v) is 4.31. The topological polar surface area (TPSA) is 75.4 Å². The van der Waals surface area contributed by atoms with Crippen LogP contribution in [0.5, 0.6) is 0 Å². The highest BCUT2D eigenvalue weighted by molar-refractivity contribution is 5.53. The number of anilines is 1. The summed E-state index contributed by atoms with van der Waals surface area (Å²) in [6.45, 7) is 4.71. The molecule has 0 radical (unpaired) electrons. The molecule has 1 unspecified atom stereocenters. The molecular weight excluding hydrogens is 220 g/mol. The van der Waals surface area contributed by atoms with E-state index in [1.807, 2.05) is 19.9 Å². The maximum Gasteiger partial charge on any atom is 0.271 e. The summed E-state index contributed by atoms with van der Waals surface area (Å²) in [5.74, 6) is 0.333. The third-order valence-electron chi connectivity index (χ3n) is 2.55. The Bertz CT molecular complexity index is 393. The van der Waals surface area contributed by atoms with E-state index >= 15 is 0 Å². The molecule has 0 saturated carbocycles. The average Bonchev–Trinajstić information content (AvgIpc) is 2.26. The number of non-ortho nitro benzene ring substituents is 1. The molecule has 1 atom stereocenters. The Morgan fingerprint density at radius 1 is 1.47 bits per heavy atom. The molecule has 0 amide bonds. The molecule has 0 spiro atoms. The Kier molecular flexibility index (Phi) is 4.90. The largest absolute Gasteiger partial charge is 0.396 e. The number of benzene rings is 1. The zero-order valence-electron chi connectivity index (χ0n) is 10.1. The van der Waals surface area contributed by atoms with Crippen LogP contribution in [0, 0.1) is 23.0 Å². The summed E-state index contributed by atoms with van der Waals surface area (Å²) in [6.07, 6.45) is 0.723. The van der Waals surface area contributed by atoms with E-state index in [4.69, 9.17) is 5.11 Å². The molecule has 1 aromatic rings. The van der Waals surface area contributed by atoms with Gasteiger partial charge in [-0.3, -0.25) is 10.1 Å². The minimum absolute atomic E-state index is 0.0994. The molecule has 0 aliphatic heterocycles. The van der Waals surface area contributed by atoms with Crippen molar-refractivity contribution in [3.8, 4) is 0 Å². The van der Waals surface area contributed by atoms with Gasteiger partial charge in [-0.15, -0.1) is 0 Å². The van der Waals surface area contributed by atoms with Gasteiger partial charge in [0, 0.05) is 31.0 Å². The first kappa shape index (κ1) is 13.4. The van der Waals surface area contributed by atoms with Gasteiger partial charge in [-0.05, 0) is 30.9 Å². The molecule has 94 valence electrons. The summed E-state index contributed by atoms with van der Waals surface area (Å²) in [5.41, 5.74) is 1.71. The van der Waals surface area contributed by atoms with Crippen LogP contribution in [0.25, 0.3) is 0 Å². The first-order valence-electron chi connectivity index (χ1n) is 5.63. The van der Waals surface area contributed by atoms with Gasteiger partial charge in [-0.2, -0.15) is 0 Å². The quantitative estimate of drug-likeness (QED) is 0.589. The molecule has 1 aromatic carbocycles. The number of rotatable bonds is 6. The van der Waals surface area contributed by atoms with Gasteiger partial charge < -0.3 is 10.4 Å². The molecule has 5 nitrogen and oxygen atoms in total. The van der Waals surface area contributed by atoms with Crippen LogP contribution in [0.15, 0.2) is 18.2 Å². The van der Waals surface area contributed by atoms with E-state index in [1.54, 1.807) is 6.07 Å². The van der Waals surface area contributed by atoms with Crippen LogP contribution < -0.4 is 5.32 Å². The third-order valence-corrected chi connectivity index (χ3v) is 2.55. The molecule has 0 aliphatic rings. The first-order chi connectivity index (χ1) is 8.02. The normalized spacial score (nSPS) is 12.2. The number of aryl methyl sites for hydroxylation is 1. The standard InChI is InChI=1S/C12H18N2O3/c1-9(3-4-15)8-13-11-5-10(2)6-12(7-11)14(16)17/h5-7,9,13,15H,3-4,8H2,1-2H3. The van der Waals surface area contributed by atoms with Gasteiger partial charge in [0.25, 0.3) is 5.69 Å². The number of aliphatic hydroxyl groups is 1. The van der Waals surface area contributed by atoms with E-state index in [-0.39, 0.29) is 12.3 Å². The molecule has 5 heteroatoms. The number of nitrogens with one attached hydrogen (secondary N) is 1. The fraction of sp³-hybridized carbons (Fsp3) is 0.500. The molecule has 0 aromatic heterocycles. The number of hydrogen-bond donors (Lipinski definition) is 2. The molecule has 1 rings (SSSR count). The van der Waals surface area contributed by atoms with E-state index in [0.717, 1.165) is 17.7 Å². The maximum absolute atomic E-state index is 10.7. The zero-order valence-corrected chi connectivity index (χ0v) is 10.1. The summed E-state index contributed by atoms with van der Waals surface area (Å²) in [6, 6.07) is 4.94. The fourth-order valence-corrected chi connectivity index (χ4v) is 1.58. The molecule has 0 saturated heterocycles. The Labute approximate surface area is 101 Å². The highest BCUT2D eigenvalue weighted by Crippen LogP contribution is 2.20. The van der Waals surface area contributed by atoms with Crippen molar-refractivity contribution >= 4 is 11.4 Å². The SMILES string of the molecule is Cc1cc(NCC(C)CCO)cc([N+](=O)[O-])c1. The monoisotopic (exact) mass is 238 g/mol. The molecule has 0 aliphatic carbocycles. The Hall–Kier alpha value is -1.62. The van der Waals surface area contributed by atoms with Crippen LogP contribution >= 0.6 is 0 Å². The number of nitro groups is 1. The van der Waals surface area contributed by atoms with E-state index < -0.39 is 4.92 Å². The smallest absolute Gasteiger partial charge is 0.271 e. The minimum Gasteiger partial charge on any atom is -0.396 e. The van der Waals surface area contributed by atoms with Crippen LogP contribution in [0.2, 0.25) is 0 Å². The molecule has 0 bridgehead atoms. The molecule has 0 heterocycles. The van der Waals surface area contributed by atoms with Crippen LogP contribution in [-0.4, -0.2) is 23.2 Å². The van der Waals surface area contributed by atoms with Crippen LogP contribution in [0.1, 0.15) is 18.9 Å². The van der Waals surface area contributed by atoms with Crippen molar-refractivity contribution in [3.05, 3.63) is 33.9 Å². The molecule has 2 N–H and O–H groups in total. The van der Waals surface area contributed by atoms with Crippen LogP contribution in [0.3, 0.4) is 0 Å². The van der Waals surface area contributed by atoms with Gasteiger partial charge in [-0.1, -0.05) is 6.92 Å². The highest BCUT2D eigenvalue weighted by Gasteiger charge is 2.08. The second-order valence-electron chi connectivity index (χ2n) is 4.31. The number of aliphatic hydroxyl groups excluding tert-OH is 1. The number of nitro benzene ring substituents is 1. The second kappa shape index (κ2) is 6.20. The molecule has 0 fully saturated rings. The van der Waals surface area contributed by atoms with Crippen molar-refractivity contribution in [2.24, 2.45) is 5.92 Å². The minimum atomic E-state index is -0.394. The van der Waals surface area contributed by atoms with E-state index in [2.05, 4.69) is 5.32 Å². The van der Waals surface area contributed by atoms with Gasteiger partial charge in [0.1, 0.15) is 0 Å². The van der Waals surface area contributed by atoms with Crippen molar-refractivity contribution in [1.29, 1.82) is 0 Å². The van der Waals surface area contributed by atoms with Gasteiger partial charge in [0.2, 0.25) is 0 Å². The number of nitrogens with zero attached hydrogens (tertiary/aromatic N) is 1. The lowest BCUT2D eigenvalue weighted by Crippen LogP contribution is -2.12. The highest BCUT2D eigenvalue weighted by atomic mass is 16.6. The van der Waals surface area contributed by atoms with Gasteiger partial charge in [-0.25, -0.2) is 0 Å².